The molecule has 0 aliphatic carbocycles. The number of hydrogen-bond donors (Lipinski definition) is 2. The summed E-state index contributed by atoms with van der Waals surface area (Å²) in [6.07, 6.45) is -0.234. The van der Waals surface area contributed by atoms with Crippen LogP contribution in [0.1, 0.15) is 5.56 Å². The molecule has 1 unspecified atom stereocenters. The largest absolute Gasteiger partial charge is 0.497 e. The third kappa shape index (κ3) is 4.30. The zero-order valence-electron chi connectivity index (χ0n) is 14.8. The van der Waals surface area contributed by atoms with Gasteiger partial charge in [-0.2, -0.15) is 0 Å². The summed E-state index contributed by atoms with van der Waals surface area (Å²) < 4.78 is 21.9. The number of fused-ring (bicyclic) bond motifs is 1. The van der Waals surface area contributed by atoms with Gasteiger partial charge in [-0.05, 0) is 30.3 Å². The van der Waals surface area contributed by atoms with Crippen molar-refractivity contribution in [1.82, 2.24) is 10.6 Å². The van der Waals surface area contributed by atoms with Crippen LogP contribution in [0.4, 0.5) is 4.79 Å². The highest BCUT2D eigenvalue weighted by Crippen LogP contribution is 2.30. The van der Waals surface area contributed by atoms with Gasteiger partial charge in [0.1, 0.15) is 18.1 Å². The topological polar surface area (TPSA) is 78.1 Å². The first kappa shape index (κ1) is 17.7. The number of carbonyl (C=O) groups excluding carboxylic acids is 1. The van der Waals surface area contributed by atoms with Crippen LogP contribution in [0.15, 0.2) is 42.5 Å². The van der Waals surface area contributed by atoms with Gasteiger partial charge < -0.3 is 29.6 Å². The van der Waals surface area contributed by atoms with Gasteiger partial charge in [0, 0.05) is 12.1 Å². The fourth-order valence-electron chi connectivity index (χ4n) is 2.63. The van der Waals surface area contributed by atoms with E-state index in [0.717, 1.165) is 11.3 Å². The number of rotatable bonds is 6. The van der Waals surface area contributed by atoms with Crippen LogP contribution in [0.25, 0.3) is 0 Å². The number of benzene rings is 2. The summed E-state index contributed by atoms with van der Waals surface area (Å²) in [6, 6.07) is 12.6. The number of nitrogens with one attached hydrogen (secondary N) is 2. The first-order valence-corrected chi connectivity index (χ1v) is 8.30. The van der Waals surface area contributed by atoms with Crippen LogP contribution in [0, 0.1) is 0 Å². The highest BCUT2D eigenvalue weighted by atomic mass is 16.6. The van der Waals surface area contributed by atoms with Crippen molar-refractivity contribution in [2.75, 3.05) is 27.4 Å². The smallest absolute Gasteiger partial charge is 0.315 e. The zero-order valence-corrected chi connectivity index (χ0v) is 14.8. The second-order valence-corrected chi connectivity index (χ2v) is 5.74. The molecule has 3 rings (SSSR count). The van der Waals surface area contributed by atoms with Crippen LogP contribution < -0.4 is 29.6 Å². The molecule has 2 N–H and O–H groups in total. The Balaban J connectivity index is 1.48. The third-order valence-corrected chi connectivity index (χ3v) is 3.98. The molecule has 0 fully saturated rings. The average molecular weight is 358 g/mol. The summed E-state index contributed by atoms with van der Waals surface area (Å²) in [4.78, 5) is 12.1. The van der Waals surface area contributed by atoms with Gasteiger partial charge in [0.2, 0.25) is 0 Å². The SMILES string of the molecule is COc1ccc(OC)c(CNC(=O)NCC2COc3ccccc3O2)c1. The van der Waals surface area contributed by atoms with Crippen LogP contribution in [0.3, 0.4) is 0 Å². The number of carbonyl (C=O) groups is 1. The van der Waals surface area contributed by atoms with Crippen LogP contribution in [0.2, 0.25) is 0 Å². The molecule has 1 atom stereocenters. The number of amides is 2. The molecule has 1 aliphatic heterocycles. The Morgan fingerprint density at radius 2 is 1.92 bits per heavy atom. The number of hydrogen-bond acceptors (Lipinski definition) is 5. The lowest BCUT2D eigenvalue weighted by atomic mass is 10.2. The minimum atomic E-state index is -0.294. The molecular formula is C19H22N2O5. The monoisotopic (exact) mass is 358 g/mol. The molecule has 0 spiro atoms. The molecule has 0 radical (unpaired) electrons. The Morgan fingerprint density at radius 1 is 1.12 bits per heavy atom. The Labute approximate surface area is 152 Å². The van der Waals surface area contributed by atoms with Gasteiger partial charge in [-0.25, -0.2) is 4.79 Å². The molecule has 2 aromatic carbocycles. The highest BCUT2D eigenvalue weighted by Gasteiger charge is 2.21. The van der Waals surface area contributed by atoms with E-state index in [0.29, 0.717) is 36.9 Å². The molecule has 1 aliphatic rings. The van der Waals surface area contributed by atoms with Gasteiger partial charge >= 0.3 is 6.03 Å². The molecule has 0 saturated heterocycles. The maximum atomic E-state index is 12.1. The van der Waals surface area contributed by atoms with Gasteiger partial charge in [-0.1, -0.05) is 12.1 Å². The molecular weight excluding hydrogens is 336 g/mol. The Morgan fingerprint density at radius 3 is 2.69 bits per heavy atom. The number of urea groups is 1. The van der Waals surface area contributed by atoms with Crippen molar-refractivity contribution < 1.29 is 23.7 Å². The lowest BCUT2D eigenvalue weighted by Gasteiger charge is -2.26. The molecule has 0 bridgehead atoms. The first-order valence-electron chi connectivity index (χ1n) is 8.30. The molecule has 1 heterocycles. The van der Waals surface area contributed by atoms with Crippen LogP contribution in [0.5, 0.6) is 23.0 Å². The van der Waals surface area contributed by atoms with E-state index in [2.05, 4.69) is 10.6 Å². The highest BCUT2D eigenvalue weighted by molar-refractivity contribution is 5.74. The molecule has 26 heavy (non-hydrogen) atoms. The Hall–Kier alpha value is -3.09. The molecule has 7 heteroatoms. The molecule has 2 aromatic rings. The second kappa shape index (κ2) is 8.33. The van der Waals surface area contributed by atoms with Crippen molar-refractivity contribution in [3.8, 4) is 23.0 Å². The fourth-order valence-corrected chi connectivity index (χ4v) is 2.63. The van der Waals surface area contributed by atoms with Crippen molar-refractivity contribution in [3.05, 3.63) is 48.0 Å². The van der Waals surface area contributed by atoms with Crippen LogP contribution in [-0.2, 0) is 6.54 Å². The lowest BCUT2D eigenvalue weighted by Crippen LogP contribution is -2.44. The quantitative estimate of drug-likeness (QED) is 0.829. The summed E-state index contributed by atoms with van der Waals surface area (Å²) in [5.41, 5.74) is 0.827. The first-order chi connectivity index (χ1) is 12.7. The fraction of sp³-hybridized carbons (Fsp3) is 0.316. The minimum Gasteiger partial charge on any atom is -0.497 e. The molecule has 138 valence electrons. The van der Waals surface area contributed by atoms with Crippen molar-refractivity contribution >= 4 is 6.03 Å². The second-order valence-electron chi connectivity index (χ2n) is 5.74. The van der Waals surface area contributed by atoms with Crippen molar-refractivity contribution in [2.24, 2.45) is 0 Å². The number of para-hydroxylation sites is 2. The summed E-state index contributed by atoms with van der Waals surface area (Å²) >= 11 is 0. The predicted molar refractivity (Wildman–Crippen MR) is 96.1 cm³/mol. The van der Waals surface area contributed by atoms with Gasteiger partial charge in [0.05, 0.1) is 20.8 Å². The van der Waals surface area contributed by atoms with E-state index in [-0.39, 0.29) is 12.1 Å². The number of methoxy groups -OCH3 is 2. The summed E-state index contributed by atoms with van der Waals surface area (Å²) in [6.45, 7) is 1.05. The summed E-state index contributed by atoms with van der Waals surface area (Å²) in [7, 11) is 3.18. The van der Waals surface area contributed by atoms with Crippen molar-refractivity contribution in [1.29, 1.82) is 0 Å². The van der Waals surface area contributed by atoms with Crippen molar-refractivity contribution in [3.63, 3.8) is 0 Å². The van der Waals surface area contributed by atoms with Gasteiger partial charge in [-0.3, -0.25) is 0 Å². The molecule has 0 aromatic heterocycles. The van der Waals surface area contributed by atoms with E-state index in [1.165, 1.54) is 0 Å². The average Bonchev–Trinajstić information content (AvgIpc) is 2.70. The number of ether oxygens (including phenoxy) is 4. The van der Waals surface area contributed by atoms with Crippen LogP contribution >= 0.6 is 0 Å². The summed E-state index contributed by atoms with van der Waals surface area (Å²) in [5.74, 6) is 2.80. The van der Waals surface area contributed by atoms with E-state index in [4.69, 9.17) is 18.9 Å². The van der Waals surface area contributed by atoms with E-state index >= 15 is 0 Å². The van der Waals surface area contributed by atoms with Gasteiger partial charge in [0.25, 0.3) is 0 Å². The zero-order chi connectivity index (χ0) is 18.4. The Kier molecular flexibility index (Phi) is 5.68. The Bertz CT molecular complexity index is 765. The van der Waals surface area contributed by atoms with E-state index in [1.54, 1.807) is 26.4 Å². The van der Waals surface area contributed by atoms with E-state index in [9.17, 15) is 4.79 Å². The third-order valence-electron chi connectivity index (χ3n) is 3.98. The normalized spacial score (nSPS) is 15.1. The van der Waals surface area contributed by atoms with Crippen LogP contribution in [-0.4, -0.2) is 39.5 Å². The van der Waals surface area contributed by atoms with Gasteiger partial charge in [-0.15, -0.1) is 0 Å². The molecule has 0 saturated carbocycles. The minimum absolute atomic E-state index is 0.234. The summed E-state index contributed by atoms with van der Waals surface area (Å²) in [5, 5.41) is 5.59. The maximum Gasteiger partial charge on any atom is 0.315 e. The van der Waals surface area contributed by atoms with E-state index in [1.807, 2.05) is 30.3 Å². The standard InChI is InChI=1S/C19H22N2O5/c1-23-14-7-8-16(24-2)13(9-14)10-20-19(22)21-11-15-12-25-17-5-3-4-6-18(17)26-15/h3-9,15H,10-12H2,1-2H3,(H2,20,21,22). The predicted octanol–water partition coefficient (Wildman–Crippen LogP) is 2.34. The maximum absolute atomic E-state index is 12.1. The van der Waals surface area contributed by atoms with Gasteiger partial charge in [0.15, 0.2) is 17.6 Å². The molecule has 2 amide bonds. The van der Waals surface area contributed by atoms with Crippen molar-refractivity contribution in [2.45, 2.75) is 12.6 Å². The van der Waals surface area contributed by atoms with E-state index < -0.39 is 0 Å². The lowest BCUT2D eigenvalue weighted by molar-refractivity contribution is 0.0918. The molecule has 7 nitrogen and oxygen atoms in total.